The van der Waals surface area contributed by atoms with E-state index in [4.69, 9.17) is 0 Å². The van der Waals surface area contributed by atoms with Crippen LogP contribution in [-0.4, -0.2) is 15.9 Å². The first-order valence-corrected chi connectivity index (χ1v) is 8.39. The summed E-state index contributed by atoms with van der Waals surface area (Å²) in [5.74, 6) is 0.250. The molecule has 144 valence electrons. The number of hydrogen-bond acceptors (Lipinski definition) is 4. The molecule has 0 saturated heterocycles. The van der Waals surface area contributed by atoms with Gasteiger partial charge in [0.05, 0.1) is 5.56 Å². The molecule has 0 unspecified atom stereocenters. The highest BCUT2D eigenvalue weighted by atomic mass is 19.4. The molecular weight excluding hydrogens is 369 g/mol. The van der Waals surface area contributed by atoms with Crippen LogP contribution in [0.15, 0.2) is 54.6 Å². The molecule has 8 heteroatoms. The molecule has 0 atom stereocenters. The van der Waals surface area contributed by atoms with Crippen molar-refractivity contribution >= 4 is 23.1 Å². The summed E-state index contributed by atoms with van der Waals surface area (Å²) in [6, 6.07) is 13.3. The number of anilines is 3. The van der Waals surface area contributed by atoms with E-state index in [-0.39, 0.29) is 5.69 Å². The quantitative estimate of drug-likeness (QED) is 0.654. The van der Waals surface area contributed by atoms with Gasteiger partial charge in [-0.1, -0.05) is 12.1 Å². The lowest BCUT2D eigenvalue weighted by molar-refractivity contribution is -0.137. The first-order valence-electron chi connectivity index (χ1n) is 8.39. The highest BCUT2D eigenvalue weighted by Crippen LogP contribution is 2.30. The monoisotopic (exact) mass is 386 g/mol. The Kier molecular flexibility index (Phi) is 5.30. The van der Waals surface area contributed by atoms with Crippen LogP contribution in [0.3, 0.4) is 0 Å². The second-order valence-electron chi connectivity index (χ2n) is 6.21. The zero-order chi connectivity index (χ0) is 20.3. The van der Waals surface area contributed by atoms with Crippen LogP contribution in [0.2, 0.25) is 0 Å². The molecule has 2 N–H and O–H groups in total. The van der Waals surface area contributed by atoms with E-state index in [1.165, 1.54) is 18.2 Å². The van der Waals surface area contributed by atoms with Crippen LogP contribution >= 0.6 is 0 Å². The Hall–Kier alpha value is -3.42. The van der Waals surface area contributed by atoms with E-state index < -0.39 is 17.6 Å². The van der Waals surface area contributed by atoms with E-state index in [1.807, 2.05) is 25.1 Å². The van der Waals surface area contributed by atoms with Crippen molar-refractivity contribution in [3.63, 3.8) is 0 Å². The lowest BCUT2D eigenvalue weighted by Gasteiger charge is -2.11. The van der Waals surface area contributed by atoms with Gasteiger partial charge in [0.15, 0.2) is 0 Å². The van der Waals surface area contributed by atoms with Gasteiger partial charge in [-0.2, -0.15) is 13.2 Å². The Morgan fingerprint density at radius 3 is 2.29 bits per heavy atom. The molecule has 1 heterocycles. The molecule has 1 aromatic heterocycles. The van der Waals surface area contributed by atoms with Gasteiger partial charge in [0.1, 0.15) is 17.3 Å². The predicted octanol–water partition coefficient (Wildman–Crippen LogP) is 5.11. The summed E-state index contributed by atoms with van der Waals surface area (Å²) in [6.45, 7) is 3.54. The lowest BCUT2D eigenvalue weighted by Crippen LogP contribution is -2.15. The number of nitrogens with one attached hydrogen (secondary N) is 2. The molecule has 0 aliphatic carbocycles. The third-order valence-corrected chi connectivity index (χ3v) is 3.83. The van der Waals surface area contributed by atoms with Crippen molar-refractivity contribution in [2.75, 3.05) is 10.6 Å². The van der Waals surface area contributed by atoms with E-state index in [9.17, 15) is 18.0 Å². The van der Waals surface area contributed by atoms with Gasteiger partial charge >= 0.3 is 6.18 Å². The molecule has 0 bridgehead atoms. The average Bonchev–Trinajstić information content (AvgIpc) is 2.61. The van der Waals surface area contributed by atoms with Gasteiger partial charge < -0.3 is 10.6 Å². The van der Waals surface area contributed by atoms with Crippen LogP contribution in [-0.2, 0) is 6.18 Å². The van der Waals surface area contributed by atoms with E-state index in [2.05, 4.69) is 20.6 Å². The van der Waals surface area contributed by atoms with Crippen LogP contribution in [0.4, 0.5) is 30.4 Å². The fourth-order valence-electron chi connectivity index (χ4n) is 2.56. The summed E-state index contributed by atoms with van der Waals surface area (Å²) in [5, 5.41) is 5.65. The summed E-state index contributed by atoms with van der Waals surface area (Å²) in [5.41, 5.74) is 1.45. The van der Waals surface area contributed by atoms with E-state index in [0.29, 0.717) is 23.0 Å². The number of aromatic nitrogens is 2. The first-order chi connectivity index (χ1) is 13.2. The summed E-state index contributed by atoms with van der Waals surface area (Å²) in [7, 11) is 0. The van der Waals surface area contributed by atoms with Gasteiger partial charge in [0, 0.05) is 17.4 Å². The molecule has 0 fully saturated rings. The van der Waals surface area contributed by atoms with Crippen molar-refractivity contribution in [2.45, 2.75) is 20.0 Å². The minimum absolute atomic E-state index is 0.142. The average molecular weight is 386 g/mol. The van der Waals surface area contributed by atoms with Crippen molar-refractivity contribution in [3.05, 3.63) is 77.2 Å². The molecule has 5 nitrogen and oxygen atoms in total. The molecular formula is C20H17F3N4O. The van der Waals surface area contributed by atoms with Gasteiger partial charge in [-0.3, -0.25) is 4.79 Å². The van der Waals surface area contributed by atoms with E-state index >= 15 is 0 Å². The number of carbonyl (C=O) groups excluding carboxylic acids is 1. The zero-order valence-corrected chi connectivity index (χ0v) is 15.1. The van der Waals surface area contributed by atoms with Gasteiger partial charge in [0.25, 0.3) is 5.91 Å². The highest BCUT2D eigenvalue weighted by Gasteiger charge is 2.29. The standard InChI is InChI=1S/C20H17F3N4O/c1-12-4-3-5-16(10-12)27-19(28)17-11-18(25-13(2)24-17)26-15-8-6-14(7-9-15)20(21,22)23/h3-11H,1-2H3,(H,27,28)(H,24,25,26). The number of aryl methyl sites for hydroxylation is 2. The number of alkyl halides is 3. The Labute approximate surface area is 159 Å². The highest BCUT2D eigenvalue weighted by molar-refractivity contribution is 6.03. The molecule has 28 heavy (non-hydrogen) atoms. The maximum atomic E-state index is 12.7. The third kappa shape index (κ3) is 4.85. The van der Waals surface area contributed by atoms with Crippen molar-refractivity contribution in [2.24, 2.45) is 0 Å². The Morgan fingerprint density at radius 1 is 0.929 bits per heavy atom. The third-order valence-electron chi connectivity index (χ3n) is 3.83. The van der Waals surface area contributed by atoms with Gasteiger partial charge in [0.2, 0.25) is 0 Å². The summed E-state index contributed by atoms with van der Waals surface area (Å²) in [4.78, 5) is 20.8. The molecule has 1 amide bonds. The fourth-order valence-corrected chi connectivity index (χ4v) is 2.56. The lowest BCUT2D eigenvalue weighted by atomic mass is 10.2. The molecule has 3 rings (SSSR count). The van der Waals surface area contributed by atoms with Crippen LogP contribution in [0.5, 0.6) is 0 Å². The largest absolute Gasteiger partial charge is 0.416 e. The minimum Gasteiger partial charge on any atom is -0.340 e. The maximum absolute atomic E-state index is 12.7. The molecule has 3 aromatic rings. The molecule has 0 saturated carbocycles. The number of benzene rings is 2. The number of nitrogens with zero attached hydrogens (tertiary/aromatic N) is 2. The van der Waals surface area contributed by atoms with Gasteiger partial charge in [-0.25, -0.2) is 9.97 Å². The number of hydrogen-bond donors (Lipinski definition) is 2. The Morgan fingerprint density at radius 2 is 1.64 bits per heavy atom. The topological polar surface area (TPSA) is 66.9 Å². The molecule has 0 spiro atoms. The van der Waals surface area contributed by atoms with Crippen LogP contribution < -0.4 is 10.6 Å². The smallest absolute Gasteiger partial charge is 0.340 e. The second-order valence-corrected chi connectivity index (χ2v) is 6.21. The van der Waals surface area contributed by atoms with Crippen LogP contribution in [0.25, 0.3) is 0 Å². The van der Waals surface area contributed by atoms with Crippen molar-refractivity contribution in [1.29, 1.82) is 0 Å². The number of carbonyl (C=O) groups is 1. The zero-order valence-electron chi connectivity index (χ0n) is 15.1. The first kappa shape index (κ1) is 19.3. The van der Waals surface area contributed by atoms with Crippen molar-refractivity contribution < 1.29 is 18.0 Å². The molecule has 0 radical (unpaired) electrons. The Balaban J connectivity index is 1.78. The fraction of sp³-hybridized carbons (Fsp3) is 0.150. The number of rotatable bonds is 4. The minimum atomic E-state index is -4.40. The van der Waals surface area contributed by atoms with Crippen molar-refractivity contribution in [1.82, 2.24) is 9.97 Å². The predicted molar refractivity (Wildman–Crippen MR) is 101 cm³/mol. The maximum Gasteiger partial charge on any atom is 0.416 e. The molecule has 0 aliphatic heterocycles. The summed E-state index contributed by atoms with van der Waals surface area (Å²) >= 11 is 0. The van der Waals surface area contributed by atoms with Crippen LogP contribution in [0, 0.1) is 13.8 Å². The van der Waals surface area contributed by atoms with Crippen LogP contribution in [0.1, 0.15) is 27.4 Å². The Bertz CT molecular complexity index is 1000. The molecule has 0 aliphatic rings. The number of amides is 1. The summed E-state index contributed by atoms with van der Waals surface area (Å²) in [6.07, 6.45) is -4.40. The second kappa shape index (κ2) is 7.67. The van der Waals surface area contributed by atoms with Crippen molar-refractivity contribution in [3.8, 4) is 0 Å². The molecule has 2 aromatic carbocycles. The van der Waals surface area contributed by atoms with E-state index in [0.717, 1.165) is 17.7 Å². The van der Waals surface area contributed by atoms with Gasteiger partial charge in [-0.15, -0.1) is 0 Å². The summed E-state index contributed by atoms with van der Waals surface area (Å²) < 4.78 is 38.0. The number of halogens is 3. The van der Waals surface area contributed by atoms with E-state index in [1.54, 1.807) is 13.0 Å². The normalized spacial score (nSPS) is 11.2. The van der Waals surface area contributed by atoms with Gasteiger partial charge in [-0.05, 0) is 55.8 Å². The SMILES string of the molecule is Cc1cccc(NC(=O)c2cc(Nc3ccc(C(F)(F)F)cc3)nc(C)n2)c1.